The molecule has 0 aromatic heterocycles. The highest BCUT2D eigenvalue weighted by molar-refractivity contribution is 7.89. The van der Waals surface area contributed by atoms with Crippen molar-refractivity contribution >= 4 is 10.0 Å². The summed E-state index contributed by atoms with van der Waals surface area (Å²) in [6.45, 7) is 1.02. The number of rotatable bonds is 6. The van der Waals surface area contributed by atoms with E-state index in [2.05, 4.69) is 12.1 Å². The first-order valence-electron chi connectivity index (χ1n) is 9.17. The van der Waals surface area contributed by atoms with Crippen LogP contribution in [0.1, 0.15) is 30.4 Å². The molecule has 1 heterocycles. The summed E-state index contributed by atoms with van der Waals surface area (Å²) in [4.78, 5) is 0.115. The average molecular weight is 385 g/mol. The molecule has 0 atom stereocenters. The summed E-state index contributed by atoms with van der Waals surface area (Å²) in [5.74, 6) is 1.37. The Hall–Kier alpha value is -2.36. The minimum Gasteiger partial charge on any atom is -0.497 e. The molecule has 0 spiro atoms. The molecule has 0 radical (unpaired) electrons. The van der Waals surface area contributed by atoms with Gasteiger partial charge in [0.1, 0.15) is 11.8 Å². The molecule has 2 aromatic rings. The topological polar surface area (TPSA) is 70.4 Å². The van der Waals surface area contributed by atoms with Crippen molar-refractivity contribution in [2.75, 3.05) is 20.2 Å². The quantitative estimate of drug-likeness (QED) is 0.763. The average Bonchev–Trinajstić information content (AvgIpc) is 2.73. The molecular weight excluding hydrogens is 360 g/mol. The lowest BCUT2D eigenvalue weighted by atomic mass is 9.91. The van der Waals surface area contributed by atoms with Gasteiger partial charge in [0.15, 0.2) is 0 Å². The van der Waals surface area contributed by atoms with Gasteiger partial charge in [-0.2, -0.15) is 9.57 Å². The molecule has 0 unspecified atom stereocenters. The van der Waals surface area contributed by atoms with Gasteiger partial charge in [-0.15, -0.1) is 0 Å². The fraction of sp³-hybridized carbons (Fsp3) is 0.381. The smallest absolute Gasteiger partial charge is 0.244 e. The van der Waals surface area contributed by atoms with Crippen molar-refractivity contribution in [1.82, 2.24) is 4.31 Å². The van der Waals surface area contributed by atoms with Gasteiger partial charge in [0, 0.05) is 13.1 Å². The van der Waals surface area contributed by atoms with Crippen LogP contribution >= 0.6 is 0 Å². The third kappa shape index (κ3) is 4.49. The number of sulfonamides is 1. The van der Waals surface area contributed by atoms with Crippen molar-refractivity contribution in [2.24, 2.45) is 5.92 Å². The molecule has 0 N–H and O–H groups in total. The van der Waals surface area contributed by atoms with E-state index in [4.69, 9.17) is 4.74 Å². The fourth-order valence-electron chi connectivity index (χ4n) is 3.52. The number of methoxy groups -OCH3 is 1. The molecule has 1 fully saturated rings. The highest BCUT2D eigenvalue weighted by Gasteiger charge is 2.30. The van der Waals surface area contributed by atoms with E-state index < -0.39 is 10.0 Å². The third-order valence-electron chi connectivity index (χ3n) is 5.20. The van der Waals surface area contributed by atoms with E-state index in [0.29, 0.717) is 19.0 Å². The van der Waals surface area contributed by atoms with Crippen molar-refractivity contribution < 1.29 is 13.2 Å². The van der Waals surface area contributed by atoms with Crippen molar-refractivity contribution in [3.05, 3.63) is 59.7 Å². The summed E-state index contributed by atoms with van der Waals surface area (Å²) in [6, 6.07) is 16.5. The first-order chi connectivity index (χ1) is 13.0. The van der Waals surface area contributed by atoms with Crippen LogP contribution in [0.4, 0.5) is 0 Å². The molecule has 0 amide bonds. The van der Waals surface area contributed by atoms with Crippen molar-refractivity contribution in [1.29, 1.82) is 5.26 Å². The number of nitriles is 1. The van der Waals surface area contributed by atoms with Gasteiger partial charge in [-0.1, -0.05) is 24.3 Å². The normalized spacial score (nSPS) is 16.0. The molecule has 142 valence electrons. The first-order valence-corrected chi connectivity index (χ1v) is 10.6. The molecule has 0 saturated carbocycles. The molecule has 2 aromatic carbocycles. The third-order valence-corrected chi connectivity index (χ3v) is 7.16. The van der Waals surface area contributed by atoms with Gasteiger partial charge in [0.2, 0.25) is 10.0 Å². The van der Waals surface area contributed by atoms with Crippen LogP contribution in [-0.4, -0.2) is 32.9 Å². The Morgan fingerprint density at radius 1 is 1.11 bits per heavy atom. The maximum Gasteiger partial charge on any atom is 0.244 e. The molecule has 0 aliphatic carbocycles. The predicted molar refractivity (Wildman–Crippen MR) is 104 cm³/mol. The van der Waals surface area contributed by atoms with Crippen LogP contribution in [0.2, 0.25) is 0 Å². The van der Waals surface area contributed by atoms with E-state index in [0.717, 1.165) is 31.4 Å². The van der Waals surface area contributed by atoms with Gasteiger partial charge >= 0.3 is 0 Å². The zero-order valence-corrected chi connectivity index (χ0v) is 16.3. The minimum atomic E-state index is -3.61. The number of aryl methyl sites for hydroxylation is 1. The summed E-state index contributed by atoms with van der Waals surface area (Å²) in [6.07, 6.45) is 3.74. The zero-order chi connectivity index (χ0) is 19.3. The Balaban J connectivity index is 1.57. The molecule has 5 nitrogen and oxygen atoms in total. The Labute approximate surface area is 161 Å². The maximum atomic E-state index is 12.9. The highest BCUT2D eigenvalue weighted by Crippen LogP contribution is 2.28. The van der Waals surface area contributed by atoms with Gasteiger partial charge < -0.3 is 4.74 Å². The lowest BCUT2D eigenvalue weighted by Gasteiger charge is -2.31. The summed E-state index contributed by atoms with van der Waals surface area (Å²) < 4.78 is 32.5. The van der Waals surface area contributed by atoms with E-state index >= 15 is 0 Å². The lowest BCUT2D eigenvalue weighted by Crippen LogP contribution is -2.38. The predicted octanol–water partition coefficient (Wildman–Crippen LogP) is 3.60. The van der Waals surface area contributed by atoms with Crippen LogP contribution in [0.15, 0.2) is 53.4 Å². The van der Waals surface area contributed by atoms with Crippen LogP contribution in [0.25, 0.3) is 0 Å². The number of piperidine rings is 1. The van der Waals surface area contributed by atoms with Crippen LogP contribution in [0.5, 0.6) is 5.75 Å². The standard InChI is InChI=1S/C21H24N2O3S/c1-26-20-10-8-17(9-11-20)6-7-18-12-14-23(15-13-18)27(24,25)21-5-3-2-4-19(21)16-22/h2-5,8-11,18H,6-7,12-15H2,1H3. The Morgan fingerprint density at radius 3 is 2.41 bits per heavy atom. The summed E-state index contributed by atoms with van der Waals surface area (Å²) in [7, 11) is -1.95. The van der Waals surface area contributed by atoms with Crippen LogP contribution in [0.3, 0.4) is 0 Å². The number of benzene rings is 2. The van der Waals surface area contributed by atoms with E-state index in [-0.39, 0.29) is 10.5 Å². The van der Waals surface area contributed by atoms with Crippen molar-refractivity contribution in [3.8, 4) is 11.8 Å². The molecule has 3 rings (SSSR count). The van der Waals surface area contributed by atoms with E-state index in [1.165, 1.54) is 15.9 Å². The van der Waals surface area contributed by atoms with Gasteiger partial charge in [0.25, 0.3) is 0 Å². The van der Waals surface area contributed by atoms with Gasteiger partial charge in [-0.25, -0.2) is 8.42 Å². The maximum absolute atomic E-state index is 12.9. The second kappa shape index (κ2) is 8.55. The van der Waals surface area contributed by atoms with E-state index in [1.807, 2.05) is 18.2 Å². The fourth-order valence-corrected chi connectivity index (χ4v) is 5.14. The molecule has 0 bridgehead atoms. The van der Waals surface area contributed by atoms with Crippen molar-refractivity contribution in [3.63, 3.8) is 0 Å². The SMILES string of the molecule is COc1ccc(CCC2CCN(S(=O)(=O)c3ccccc3C#N)CC2)cc1. The minimum absolute atomic E-state index is 0.115. The number of hydrogen-bond acceptors (Lipinski definition) is 4. The summed E-state index contributed by atoms with van der Waals surface area (Å²) in [5, 5.41) is 9.19. The number of hydrogen-bond donors (Lipinski definition) is 0. The number of nitrogens with zero attached hydrogens (tertiary/aromatic N) is 2. The van der Waals surface area contributed by atoms with Gasteiger partial charge in [-0.3, -0.25) is 0 Å². The monoisotopic (exact) mass is 384 g/mol. The molecular formula is C21H24N2O3S. The zero-order valence-electron chi connectivity index (χ0n) is 15.5. The largest absolute Gasteiger partial charge is 0.497 e. The highest BCUT2D eigenvalue weighted by atomic mass is 32.2. The molecule has 6 heteroatoms. The number of ether oxygens (including phenoxy) is 1. The van der Waals surface area contributed by atoms with Crippen LogP contribution in [0, 0.1) is 17.2 Å². The lowest BCUT2D eigenvalue weighted by molar-refractivity contribution is 0.263. The second-order valence-corrected chi connectivity index (χ2v) is 8.75. The molecule has 27 heavy (non-hydrogen) atoms. The Bertz CT molecular complexity index is 909. The summed E-state index contributed by atoms with van der Waals surface area (Å²) in [5.41, 5.74) is 1.48. The van der Waals surface area contributed by atoms with E-state index in [9.17, 15) is 13.7 Å². The Morgan fingerprint density at radius 2 is 1.78 bits per heavy atom. The van der Waals surface area contributed by atoms with Crippen LogP contribution < -0.4 is 4.74 Å². The first kappa shape index (κ1) is 19.4. The van der Waals surface area contributed by atoms with Crippen molar-refractivity contribution in [2.45, 2.75) is 30.6 Å². The van der Waals surface area contributed by atoms with E-state index in [1.54, 1.807) is 25.3 Å². The van der Waals surface area contributed by atoms with Crippen LogP contribution in [-0.2, 0) is 16.4 Å². The van der Waals surface area contributed by atoms with Gasteiger partial charge in [-0.05, 0) is 61.4 Å². The Kier molecular flexibility index (Phi) is 6.15. The second-order valence-electron chi connectivity index (χ2n) is 6.84. The molecule has 1 aliphatic rings. The van der Waals surface area contributed by atoms with Gasteiger partial charge in [0.05, 0.1) is 17.6 Å². The molecule has 1 aliphatic heterocycles. The summed E-state index contributed by atoms with van der Waals surface area (Å²) >= 11 is 0. The molecule has 1 saturated heterocycles.